The van der Waals surface area contributed by atoms with Gasteiger partial charge in [0, 0.05) is 31.2 Å². The van der Waals surface area contributed by atoms with Crippen LogP contribution in [0, 0.1) is 0 Å². The number of rotatable bonds is 3. The SMILES string of the molecule is CC(c1cc(O)cc(O)c1)N1CCC(N2CCCCC2)C1. The topological polar surface area (TPSA) is 46.9 Å². The lowest BCUT2D eigenvalue weighted by Crippen LogP contribution is -2.41. The number of likely N-dealkylation sites (tertiary alicyclic amines) is 2. The van der Waals surface area contributed by atoms with Crippen LogP contribution in [0.4, 0.5) is 0 Å². The molecule has 2 aliphatic heterocycles. The third kappa shape index (κ3) is 3.33. The summed E-state index contributed by atoms with van der Waals surface area (Å²) < 4.78 is 0. The number of phenols is 2. The first-order valence-corrected chi connectivity index (χ1v) is 8.14. The molecule has 21 heavy (non-hydrogen) atoms. The Morgan fingerprint density at radius 1 is 1.00 bits per heavy atom. The maximum absolute atomic E-state index is 9.65. The fraction of sp³-hybridized carbons (Fsp3) is 0.647. The van der Waals surface area contributed by atoms with Crippen molar-refractivity contribution in [3.05, 3.63) is 23.8 Å². The summed E-state index contributed by atoms with van der Waals surface area (Å²) in [4.78, 5) is 5.11. The Morgan fingerprint density at radius 3 is 2.33 bits per heavy atom. The van der Waals surface area contributed by atoms with Gasteiger partial charge in [0.25, 0.3) is 0 Å². The summed E-state index contributed by atoms with van der Waals surface area (Å²) in [5.41, 5.74) is 0.992. The molecule has 2 heterocycles. The van der Waals surface area contributed by atoms with E-state index >= 15 is 0 Å². The van der Waals surface area contributed by atoms with Crippen molar-refractivity contribution in [3.8, 4) is 11.5 Å². The number of aromatic hydroxyl groups is 2. The summed E-state index contributed by atoms with van der Waals surface area (Å²) in [7, 11) is 0. The van der Waals surface area contributed by atoms with Gasteiger partial charge in [-0.2, -0.15) is 0 Å². The zero-order chi connectivity index (χ0) is 14.8. The quantitative estimate of drug-likeness (QED) is 0.898. The normalized spacial score (nSPS) is 26.0. The van der Waals surface area contributed by atoms with Gasteiger partial charge in [0.05, 0.1) is 0 Å². The monoisotopic (exact) mass is 290 g/mol. The largest absolute Gasteiger partial charge is 0.508 e. The third-order valence-corrected chi connectivity index (χ3v) is 5.06. The highest BCUT2D eigenvalue weighted by Gasteiger charge is 2.31. The van der Waals surface area contributed by atoms with E-state index in [4.69, 9.17) is 0 Å². The lowest BCUT2D eigenvalue weighted by molar-refractivity contribution is 0.154. The number of piperidine rings is 1. The van der Waals surface area contributed by atoms with Gasteiger partial charge in [-0.1, -0.05) is 6.42 Å². The molecule has 4 heteroatoms. The van der Waals surface area contributed by atoms with Crippen molar-refractivity contribution in [2.75, 3.05) is 26.2 Å². The zero-order valence-corrected chi connectivity index (χ0v) is 12.8. The fourth-order valence-corrected chi connectivity index (χ4v) is 3.77. The summed E-state index contributed by atoms with van der Waals surface area (Å²) in [6.45, 7) is 6.85. The minimum Gasteiger partial charge on any atom is -0.508 e. The molecule has 0 aromatic heterocycles. The summed E-state index contributed by atoms with van der Waals surface area (Å²) in [6, 6.07) is 5.82. The molecule has 0 bridgehead atoms. The second kappa shape index (κ2) is 6.24. The molecule has 1 aromatic carbocycles. The first-order chi connectivity index (χ1) is 10.1. The van der Waals surface area contributed by atoms with Crippen LogP contribution in [0.5, 0.6) is 11.5 Å². The smallest absolute Gasteiger partial charge is 0.119 e. The molecule has 2 N–H and O–H groups in total. The Balaban J connectivity index is 1.64. The van der Waals surface area contributed by atoms with Crippen LogP contribution in [0.2, 0.25) is 0 Å². The Labute approximate surface area is 127 Å². The van der Waals surface area contributed by atoms with Crippen LogP contribution in [-0.2, 0) is 0 Å². The van der Waals surface area contributed by atoms with E-state index in [2.05, 4.69) is 16.7 Å². The summed E-state index contributed by atoms with van der Waals surface area (Å²) in [5, 5.41) is 19.3. The molecule has 0 spiro atoms. The van der Waals surface area contributed by atoms with E-state index in [9.17, 15) is 10.2 Å². The predicted octanol–water partition coefficient (Wildman–Crippen LogP) is 2.72. The molecule has 0 radical (unpaired) electrons. The van der Waals surface area contributed by atoms with Crippen molar-refractivity contribution in [2.45, 2.75) is 44.7 Å². The molecule has 4 nitrogen and oxygen atoms in total. The van der Waals surface area contributed by atoms with Crippen molar-refractivity contribution >= 4 is 0 Å². The van der Waals surface area contributed by atoms with Crippen LogP contribution in [0.1, 0.15) is 44.2 Å². The van der Waals surface area contributed by atoms with Crippen LogP contribution in [0.25, 0.3) is 0 Å². The Kier molecular flexibility index (Phi) is 4.36. The highest BCUT2D eigenvalue weighted by molar-refractivity contribution is 5.38. The third-order valence-electron chi connectivity index (χ3n) is 5.06. The van der Waals surface area contributed by atoms with Crippen LogP contribution < -0.4 is 0 Å². The molecule has 2 aliphatic rings. The second-order valence-corrected chi connectivity index (χ2v) is 6.49. The van der Waals surface area contributed by atoms with Gasteiger partial charge in [0.1, 0.15) is 11.5 Å². The van der Waals surface area contributed by atoms with Gasteiger partial charge in [-0.05, 0) is 57.0 Å². The van der Waals surface area contributed by atoms with Gasteiger partial charge >= 0.3 is 0 Å². The molecule has 2 atom stereocenters. The molecule has 0 aliphatic carbocycles. The van der Waals surface area contributed by atoms with E-state index in [0.29, 0.717) is 6.04 Å². The van der Waals surface area contributed by atoms with Crippen molar-refractivity contribution in [2.24, 2.45) is 0 Å². The van der Waals surface area contributed by atoms with Gasteiger partial charge in [0.15, 0.2) is 0 Å². The van der Waals surface area contributed by atoms with Gasteiger partial charge in [-0.15, -0.1) is 0 Å². The maximum Gasteiger partial charge on any atom is 0.119 e. The maximum atomic E-state index is 9.65. The van der Waals surface area contributed by atoms with Crippen LogP contribution in [0.15, 0.2) is 18.2 Å². The number of hydrogen-bond acceptors (Lipinski definition) is 4. The molecule has 3 rings (SSSR count). The minimum absolute atomic E-state index is 0.142. The zero-order valence-electron chi connectivity index (χ0n) is 12.8. The molecule has 116 valence electrons. The first kappa shape index (κ1) is 14.7. The predicted molar refractivity (Wildman–Crippen MR) is 83.6 cm³/mol. The lowest BCUT2D eigenvalue weighted by Gasteiger charge is -2.33. The van der Waals surface area contributed by atoms with Crippen LogP contribution >= 0.6 is 0 Å². The Bertz CT molecular complexity index is 465. The molecule has 2 saturated heterocycles. The summed E-state index contributed by atoms with van der Waals surface area (Å²) in [5.74, 6) is 0.284. The van der Waals surface area contributed by atoms with Crippen molar-refractivity contribution < 1.29 is 10.2 Å². The van der Waals surface area contributed by atoms with Gasteiger partial charge in [-0.25, -0.2) is 0 Å². The van der Waals surface area contributed by atoms with E-state index in [1.165, 1.54) is 44.8 Å². The molecule has 0 amide bonds. The molecule has 0 saturated carbocycles. The van der Waals surface area contributed by atoms with Gasteiger partial charge < -0.3 is 10.2 Å². The van der Waals surface area contributed by atoms with Crippen molar-refractivity contribution in [1.82, 2.24) is 9.80 Å². The lowest BCUT2D eigenvalue weighted by atomic mass is 10.1. The average Bonchev–Trinajstić information content (AvgIpc) is 2.96. The van der Waals surface area contributed by atoms with E-state index in [1.54, 1.807) is 12.1 Å². The number of benzene rings is 1. The molecule has 2 fully saturated rings. The van der Waals surface area contributed by atoms with Gasteiger partial charge in [-0.3, -0.25) is 9.80 Å². The first-order valence-electron chi connectivity index (χ1n) is 8.14. The fourth-order valence-electron chi connectivity index (χ4n) is 3.77. The van der Waals surface area contributed by atoms with E-state index in [1.807, 2.05) is 0 Å². The molecular weight excluding hydrogens is 264 g/mol. The highest BCUT2D eigenvalue weighted by atomic mass is 16.3. The second-order valence-electron chi connectivity index (χ2n) is 6.49. The molecule has 2 unspecified atom stereocenters. The van der Waals surface area contributed by atoms with Gasteiger partial charge in [0.2, 0.25) is 0 Å². The minimum atomic E-state index is 0.142. The number of phenolic OH excluding ortho intramolecular Hbond substituents is 2. The molecule has 1 aromatic rings. The van der Waals surface area contributed by atoms with E-state index < -0.39 is 0 Å². The summed E-state index contributed by atoms with van der Waals surface area (Å²) in [6.07, 6.45) is 5.29. The van der Waals surface area contributed by atoms with Crippen molar-refractivity contribution in [1.29, 1.82) is 0 Å². The standard InChI is InChI=1S/C17H26N2O2/c1-13(14-9-16(20)11-17(21)10-14)19-8-5-15(12-19)18-6-3-2-4-7-18/h9-11,13,15,20-21H,2-8,12H2,1H3. The Hall–Kier alpha value is -1.26. The van der Waals surface area contributed by atoms with E-state index in [-0.39, 0.29) is 17.5 Å². The van der Waals surface area contributed by atoms with Crippen LogP contribution in [0.3, 0.4) is 0 Å². The summed E-state index contributed by atoms with van der Waals surface area (Å²) >= 11 is 0. The Morgan fingerprint density at radius 2 is 1.67 bits per heavy atom. The molecular formula is C17H26N2O2. The highest BCUT2D eigenvalue weighted by Crippen LogP contribution is 2.31. The number of hydrogen-bond donors (Lipinski definition) is 2. The van der Waals surface area contributed by atoms with Crippen LogP contribution in [-0.4, -0.2) is 52.2 Å². The van der Waals surface area contributed by atoms with Crippen molar-refractivity contribution in [3.63, 3.8) is 0 Å². The number of nitrogens with zero attached hydrogens (tertiary/aromatic N) is 2. The van der Waals surface area contributed by atoms with E-state index in [0.717, 1.165) is 18.7 Å². The average molecular weight is 290 g/mol.